The number of rotatable bonds is 6. The number of nitrogens with zero attached hydrogens (tertiary/aromatic N) is 4. The Kier molecular flexibility index (Phi) is 6.09. The predicted molar refractivity (Wildman–Crippen MR) is 130 cm³/mol. The van der Waals surface area contributed by atoms with Crippen LogP contribution in [0.1, 0.15) is 22.5 Å². The smallest absolute Gasteiger partial charge is 0.262 e. The van der Waals surface area contributed by atoms with Crippen LogP contribution in [0.5, 0.6) is 0 Å². The van der Waals surface area contributed by atoms with E-state index in [0.29, 0.717) is 27.9 Å². The molecule has 0 spiro atoms. The number of aryl methyl sites for hydroxylation is 2. The van der Waals surface area contributed by atoms with E-state index in [1.165, 1.54) is 6.07 Å². The van der Waals surface area contributed by atoms with Crippen LogP contribution in [0, 0.1) is 27.7 Å². The maximum Gasteiger partial charge on any atom is 0.262 e. The molecule has 4 aromatic rings. The van der Waals surface area contributed by atoms with Crippen molar-refractivity contribution in [1.29, 1.82) is 0 Å². The van der Waals surface area contributed by atoms with Crippen LogP contribution in [0.2, 0.25) is 5.02 Å². The predicted octanol–water partition coefficient (Wildman–Crippen LogP) is 5.09. The van der Waals surface area contributed by atoms with Gasteiger partial charge in [0.2, 0.25) is 0 Å². The van der Waals surface area contributed by atoms with E-state index in [-0.39, 0.29) is 4.90 Å². The van der Waals surface area contributed by atoms with Gasteiger partial charge in [0.25, 0.3) is 10.0 Å². The quantitative estimate of drug-likeness (QED) is 0.396. The van der Waals surface area contributed by atoms with E-state index in [1.807, 2.05) is 32.9 Å². The minimum Gasteiger partial charge on any atom is -0.339 e. The number of hydrogen-bond donors (Lipinski definition) is 2. The van der Waals surface area contributed by atoms with E-state index in [9.17, 15) is 8.42 Å². The van der Waals surface area contributed by atoms with Crippen molar-refractivity contribution in [2.45, 2.75) is 32.6 Å². The van der Waals surface area contributed by atoms with E-state index < -0.39 is 10.0 Å². The minimum absolute atomic E-state index is 0.144. The van der Waals surface area contributed by atoms with Gasteiger partial charge in [-0.15, -0.1) is 10.2 Å². The second-order valence-electron chi connectivity index (χ2n) is 7.70. The highest BCUT2D eigenvalue weighted by Crippen LogP contribution is 2.24. The van der Waals surface area contributed by atoms with Crippen LogP contribution < -0.4 is 10.0 Å². The van der Waals surface area contributed by atoms with Crippen LogP contribution >= 0.6 is 11.6 Å². The fourth-order valence-electron chi connectivity index (χ4n) is 3.29. The lowest BCUT2D eigenvalue weighted by atomic mass is 10.2. The fraction of sp³-hybridized carbons (Fsp3) is 0.174. The van der Waals surface area contributed by atoms with Gasteiger partial charge in [-0.05, 0) is 87.4 Å². The average Bonchev–Trinajstić information content (AvgIpc) is 3.04. The number of halogens is 1. The Morgan fingerprint density at radius 2 is 1.58 bits per heavy atom. The molecule has 2 N–H and O–H groups in total. The molecule has 0 amide bonds. The third kappa shape index (κ3) is 4.84. The highest BCUT2D eigenvalue weighted by Gasteiger charge is 2.17. The van der Waals surface area contributed by atoms with Crippen molar-refractivity contribution in [3.63, 3.8) is 0 Å². The molecule has 0 bridgehead atoms. The normalized spacial score (nSPS) is 11.4. The average molecular weight is 483 g/mol. The molecule has 0 fully saturated rings. The third-order valence-electron chi connectivity index (χ3n) is 5.37. The Bertz CT molecular complexity index is 1410. The van der Waals surface area contributed by atoms with Crippen LogP contribution in [0.4, 0.5) is 17.2 Å². The summed E-state index contributed by atoms with van der Waals surface area (Å²) in [5.74, 6) is 1.19. The lowest BCUT2D eigenvalue weighted by molar-refractivity contribution is 0.600. The first kappa shape index (κ1) is 22.8. The summed E-state index contributed by atoms with van der Waals surface area (Å²) in [5, 5.41) is 16.5. The molecule has 0 aliphatic carbocycles. The number of nitrogens with one attached hydrogen (secondary N) is 2. The van der Waals surface area contributed by atoms with Gasteiger partial charge in [-0.25, -0.2) is 13.1 Å². The van der Waals surface area contributed by atoms with E-state index in [4.69, 9.17) is 11.6 Å². The summed E-state index contributed by atoms with van der Waals surface area (Å²) >= 11 is 5.97. The number of anilines is 3. The maximum atomic E-state index is 12.7. The molecule has 4 rings (SSSR count). The van der Waals surface area contributed by atoms with Crippen LogP contribution in [0.25, 0.3) is 5.82 Å². The number of benzene rings is 2. The molecule has 2 aromatic heterocycles. The van der Waals surface area contributed by atoms with Crippen LogP contribution in [-0.4, -0.2) is 28.4 Å². The zero-order valence-corrected chi connectivity index (χ0v) is 20.2. The Hall–Kier alpha value is -3.43. The topological polar surface area (TPSA) is 102 Å². The van der Waals surface area contributed by atoms with Gasteiger partial charge < -0.3 is 5.32 Å². The van der Waals surface area contributed by atoms with E-state index in [1.54, 1.807) is 48.0 Å². The summed E-state index contributed by atoms with van der Waals surface area (Å²) in [6.07, 6.45) is 0. The molecule has 170 valence electrons. The highest BCUT2D eigenvalue weighted by molar-refractivity contribution is 7.92. The van der Waals surface area contributed by atoms with Gasteiger partial charge in [0.15, 0.2) is 11.6 Å². The summed E-state index contributed by atoms with van der Waals surface area (Å²) in [7, 11) is -3.76. The minimum atomic E-state index is -3.76. The highest BCUT2D eigenvalue weighted by atomic mass is 35.5. The second-order valence-corrected chi connectivity index (χ2v) is 9.79. The molecule has 0 radical (unpaired) electrons. The second kappa shape index (κ2) is 8.84. The Morgan fingerprint density at radius 1 is 0.879 bits per heavy atom. The molecule has 0 aliphatic rings. The summed E-state index contributed by atoms with van der Waals surface area (Å²) in [5.41, 5.74) is 4.89. The molecule has 2 heterocycles. The zero-order valence-electron chi connectivity index (χ0n) is 18.6. The molecule has 2 aromatic carbocycles. The number of aromatic nitrogens is 4. The molecular formula is C23H23ClN6O2S. The van der Waals surface area contributed by atoms with Crippen molar-refractivity contribution >= 4 is 38.8 Å². The van der Waals surface area contributed by atoms with Gasteiger partial charge in [0.05, 0.1) is 10.6 Å². The van der Waals surface area contributed by atoms with Gasteiger partial charge in [-0.2, -0.15) is 5.10 Å². The first-order chi connectivity index (χ1) is 15.6. The van der Waals surface area contributed by atoms with Crippen molar-refractivity contribution in [3.05, 3.63) is 82.1 Å². The van der Waals surface area contributed by atoms with Gasteiger partial charge in [-0.1, -0.05) is 17.7 Å². The Labute approximate surface area is 197 Å². The molecule has 0 atom stereocenters. The maximum absolute atomic E-state index is 12.7. The van der Waals surface area contributed by atoms with Crippen LogP contribution in [0.3, 0.4) is 0 Å². The lowest BCUT2D eigenvalue weighted by Gasteiger charge is -2.12. The monoisotopic (exact) mass is 482 g/mol. The molecule has 0 unspecified atom stereocenters. The van der Waals surface area contributed by atoms with Gasteiger partial charge in [0, 0.05) is 22.1 Å². The van der Waals surface area contributed by atoms with Crippen LogP contribution in [0.15, 0.2) is 59.5 Å². The first-order valence-corrected chi connectivity index (χ1v) is 12.0. The Morgan fingerprint density at radius 3 is 2.18 bits per heavy atom. The summed E-state index contributed by atoms with van der Waals surface area (Å²) < 4.78 is 29.8. The van der Waals surface area contributed by atoms with E-state index >= 15 is 0 Å². The summed E-state index contributed by atoms with van der Waals surface area (Å²) in [4.78, 5) is 0.144. The van der Waals surface area contributed by atoms with Crippen molar-refractivity contribution in [2.24, 2.45) is 0 Å². The van der Waals surface area contributed by atoms with Crippen molar-refractivity contribution in [2.75, 3.05) is 10.0 Å². The largest absolute Gasteiger partial charge is 0.339 e. The molecule has 8 nitrogen and oxygen atoms in total. The summed E-state index contributed by atoms with van der Waals surface area (Å²) in [6.45, 7) is 7.70. The standard InChI is InChI=1S/C23H23ClN6O2S/c1-14-5-6-18(24)13-21(14)33(31,32)29-20-9-7-19(8-10-20)25-22-11-12-23(27-26-22)30-17(4)15(2)16(3)28-30/h5-13,29H,1-4H3,(H,25,26). The van der Waals surface area contributed by atoms with Gasteiger partial charge in [0.1, 0.15) is 0 Å². The zero-order chi connectivity index (χ0) is 23.8. The van der Waals surface area contributed by atoms with Crippen molar-refractivity contribution in [3.8, 4) is 5.82 Å². The van der Waals surface area contributed by atoms with Crippen molar-refractivity contribution < 1.29 is 8.42 Å². The third-order valence-corrected chi connectivity index (χ3v) is 7.13. The number of hydrogen-bond acceptors (Lipinski definition) is 6. The number of sulfonamides is 1. The molecule has 33 heavy (non-hydrogen) atoms. The molecule has 10 heteroatoms. The molecule has 0 saturated heterocycles. The lowest BCUT2D eigenvalue weighted by Crippen LogP contribution is -2.14. The van der Waals surface area contributed by atoms with Crippen molar-refractivity contribution in [1.82, 2.24) is 20.0 Å². The Balaban J connectivity index is 1.46. The molecule has 0 aliphatic heterocycles. The SMILES string of the molecule is Cc1ccc(Cl)cc1S(=O)(=O)Nc1ccc(Nc2ccc(-n3nc(C)c(C)c3C)nn2)cc1. The molecular weight excluding hydrogens is 460 g/mol. The summed E-state index contributed by atoms with van der Waals surface area (Å²) in [6, 6.07) is 15.3. The first-order valence-electron chi connectivity index (χ1n) is 10.2. The van der Waals surface area contributed by atoms with Crippen LogP contribution in [-0.2, 0) is 10.0 Å². The van der Waals surface area contributed by atoms with Gasteiger partial charge >= 0.3 is 0 Å². The van der Waals surface area contributed by atoms with E-state index in [2.05, 4.69) is 25.3 Å². The van der Waals surface area contributed by atoms with E-state index in [0.717, 1.165) is 22.6 Å². The fourth-order valence-corrected chi connectivity index (χ4v) is 4.86. The molecule has 0 saturated carbocycles. The van der Waals surface area contributed by atoms with Gasteiger partial charge in [-0.3, -0.25) is 4.72 Å².